The lowest BCUT2D eigenvalue weighted by Gasteiger charge is -2.36. The number of fused-ring (bicyclic) bond motifs is 1. The molecule has 2 saturated heterocycles. The molecular formula is C19H23F3N4O2. The summed E-state index contributed by atoms with van der Waals surface area (Å²) in [5.41, 5.74) is 0.143. The minimum absolute atomic E-state index is 0.0856. The fourth-order valence-corrected chi connectivity index (χ4v) is 4.05. The van der Waals surface area contributed by atoms with Crippen LogP contribution in [0.25, 0.3) is 5.65 Å². The predicted octanol–water partition coefficient (Wildman–Crippen LogP) is 3.54. The van der Waals surface area contributed by atoms with Gasteiger partial charge in [0.1, 0.15) is 11.8 Å². The molecular weight excluding hydrogens is 373 g/mol. The van der Waals surface area contributed by atoms with E-state index < -0.39 is 18.0 Å². The van der Waals surface area contributed by atoms with Crippen LogP contribution in [0, 0.1) is 0 Å². The highest BCUT2D eigenvalue weighted by atomic mass is 19.4. The highest BCUT2D eigenvalue weighted by Gasteiger charge is 2.38. The number of carbonyl (C=O) groups is 1. The molecule has 9 heteroatoms. The standard InChI is InChI=1S/C19H23F3N4O2/c1-2-12-10-16(19(20,21)22)26-17(23-12)11-13(24-26)14-6-3-4-8-25(14)18(27)15-7-5-9-28-15/h10-11,14-15H,2-9H2,1H3/t14-,15-/m1/s1. The van der Waals surface area contributed by atoms with Crippen molar-refractivity contribution >= 4 is 11.6 Å². The lowest BCUT2D eigenvalue weighted by molar-refractivity contribution is -0.145. The number of aromatic nitrogens is 3. The lowest BCUT2D eigenvalue weighted by Crippen LogP contribution is -2.44. The zero-order chi connectivity index (χ0) is 19.9. The van der Waals surface area contributed by atoms with Crippen molar-refractivity contribution < 1.29 is 22.7 Å². The van der Waals surface area contributed by atoms with E-state index >= 15 is 0 Å². The van der Waals surface area contributed by atoms with Gasteiger partial charge in [0.25, 0.3) is 5.91 Å². The summed E-state index contributed by atoms with van der Waals surface area (Å²) in [5, 5.41) is 4.24. The minimum Gasteiger partial charge on any atom is -0.368 e. The lowest BCUT2D eigenvalue weighted by atomic mass is 9.98. The quantitative estimate of drug-likeness (QED) is 0.796. The van der Waals surface area contributed by atoms with Gasteiger partial charge in [0, 0.05) is 24.9 Å². The first-order chi connectivity index (χ1) is 13.4. The van der Waals surface area contributed by atoms with Crippen molar-refractivity contribution in [1.82, 2.24) is 19.5 Å². The van der Waals surface area contributed by atoms with E-state index in [0.29, 0.717) is 43.8 Å². The van der Waals surface area contributed by atoms with Crippen molar-refractivity contribution in [3.05, 3.63) is 29.2 Å². The Morgan fingerprint density at radius 1 is 1.25 bits per heavy atom. The van der Waals surface area contributed by atoms with Gasteiger partial charge in [0.2, 0.25) is 0 Å². The van der Waals surface area contributed by atoms with Crippen LogP contribution in [0.15, 0.2) is 12.1 Å². The Kier molecular flexibility index (Phi) is 5.03. The second kappa shape index (κ2) is 7.35. The summed E-state index contributed by atoms with van der Waals surface area (Å²) in [5.74, 6) is -0.0856. The SMILES string of the molecule is CCc1cc(C(F)(F)F)n2nc([C@H]3CCCCN3C(=O)[C@H]3CCCO3)cc2n1. The molecule has 0 spiro atoms. The van der Waals surface area contributed by atoms with Crippen molar-refractivity contribution in [2.24, 2.45) is 0 Å². The van der Waals surface area contributed by atoms with Crippen LogP contribution in [0.2, 0.25) is 0 Å². The third-order valence-electron chi connectivity index (χ3n) is 5.48. The van der Waals surface area contributed by atoms with Crippen LogP contribution in [0.1, 0.15) is 62.2 Å². The highest BCUT2D eigenvalue weighted by Crippen LogP contribution is 2.35. The van der Waals surface area contributed by atoms with Gasteiger partial charge in [-0.2, -0.15) is 18.3 Å². The number of alkyl halides is 3. The number of nitrogens with zero attached hydrogens (tertiary/aromatic N) is 4. The average molecular weight is 396 g/mol. The topological polar surface area (TPSA) is 59.7 Å². The molecule has 0 aliphatic carbocycles. The predicted molar refractivity (Wildman–Crippen MR) is 94.6 cm³/mol. The van der Waals surface area contributed by atoms with Crippen molar-refractivity contribution in [2.75, 3.05) is 13.2 Å². The second-order valence-electron chi connectivity index (χ2n) is 7.37. The zero-order valence-corrected chi connectivity index (χ0v) is 15.7. The van der Waals surface area contributed by atoms with Crippen LogP contribution in [0.5, 0.6) is 0 Å². The zero-order valence-electron chi connectivity index (χ0n) is 15.7. The van der Waals surface area contributed by atoms with E-state index in [0.717, 1.165) is 29.8 Å². The van der Waals surface area contributed by atoms with Crippen LogP contribution in [-0.4, -0.2) is 44.7 Å². The summed E-state index contributed by atoms with van der Waals surface area (Å²) in [6, 6.07) is 2.28. The number of piperidine rings is 1. The molecule has 0 saturated carbocycles. The van der Waals surface area contributed by atoms with Gasteiger partial charge < -0.3 is 9.64 Å². The molecule has 0 bridgehead atoms. The van der Waals surface area contributed by atoms with Crippen LogP contribution in [-0.2, 0) is 22.1 Å². The van der Waals surface area contributed by atoms with E-state index in [1.807, 2.05) is 0 Å². The fourth-order valence-electron chi connectivity index (χ4n) is 4.05. The Hall–Kier alpha value is -2.16. The Morgan fingerprint density at radius 3 is 2.75 bits per heavy atom. The molecule has 0 unspecified atom stereocenters. The molecule has 152 valence electrons. The number of carbonyl (C=O) groups excluding carboxylic acids is 1. The summed E-state index contributed by atoms with van der Waals surface area (Å²) < 4.78 is 47.0. The Labute approximate surface area is 160 Å². The summed E-state index contributed by atoms with van der Waals surface area (Å²) in [7, 11) is 0. The largest absolute Gasteiger partial charge is 0.433 e. The molecule has 4 heterocycles. The molecule has 28 heavy (non-hydrogen) atoms. The van der Waals surface area contributed by atoms with E-state index in [1.54, 1.807) is 17.9 Å². The summed E-state index contributed by atoms with van der Waals surface area (Å²) in [6.07, 6.45) is -0.615. The number of aryl methyl sites for hydroxylation is 1. The van der Waals surface area contributed by atoms with Crippen molar-refractivity contribution in [1.29, 1.82) is 0 Å². The molecule has 4 rings (SSSR count). The fraction of sp³-hybridized carbons (Fsp3) is 0.632. The van der Waals surface area contributed by atoms with E-state index in [9.17, 15) is 18.0 Å². The molecule has 6 nitrogen and oxygen atoms in total. The van der Waals surface area contributed by atoms with Gasteiger partial charge in [0.05, 0.1) is 11.7 Å². The normalized spacial score (nSPS) is 23.5. The molecule has 2 atom stereocenters. The molecule has 2 aliphatic rings. The molecule has 2 aliphatic heterocycles. The molecule has 0 N–H and O–H groups in total. The molecule has 2 aromatic rings. The minimum atomic E-state index is -4.53. The number of halogens is 3. The molecule has 2 aromatic heterocycles. The number of rotatable bonds is 3. The first-order valence-corrected chi connectivity index (χ1v) is 9.77. The van der Waals surface area contributed by atoms with Crippen LogP contribution < -0.4 is 0 Å². The monoisotopic (exact) mass is 396 g/mol. The van der Waals surface area contributed by atoms with E-state index in [-0.39, 0.29) is 17.6 Å². The van der Waals surface area contributed by atoms with E-state index in [4.69, 9.17) is 4.74 Å². The number of hydrogen-bond donors (Lipinski definition) is 0. The van der Waals surface area contributed by atoms with Crippen LogP contribution in [0.4, 0.5) is 13.2 Å². The summed E-state index contributed by atoms with van der Waals surface area (Å²) in [4.78, 5) is 18.9. The smallest absolute Gasteiger partial charge is 0.368 e. The number of likely N-dealkylation sites (tertiary alicyclic amines) is 1. The Bertz CT molecular complexity index is 874. The van der Waals surface area contributed by atoms with Crippen molar-refractivity contribution in [3.8, 4) is 0 Å². The van der Waals surface area contributed by atoms with Gasteiger partial charge in [-0.1, -0.05) is 6.92 Å². The third kappa shape index (κ3) is 3.47. The summed E-state index contributed by atoms with van der Waals surface area (Å²) in [6.45, 7) is 2.90. The number of ether oxygens (including phenoxy) is 1. The van der Waals surface area contributed by atoms with Crippen LogP contribution >= 0.6 is 0 Å². The van der Waals surface area contributed by atoms with Gasteiger partial charge in [-0.05, 0) is 44.6 Å². The van der Waals surface area contributed by atoms with Gasteiger partial charge in [-0.15, -0.1) is 0 Å². The number of hydrogen-bond acceptors (Lipinski definition) is 4. The third-order valence-corrected chi connectivity index (χ3v) is 5.48. The molecule has 0 radical (unpaired) electrons. The van der Waals surface area contributed by atoms with Crippen molar-refractivity contribution in [2.45, 2.75) is 63.8 Å². The van der Waals surface area contributed by atoms with E-state index in [1.165, 1.54) is 0 Å². The van der Waals surface area contributed by atoms with Crippen molar-refractivity contribution in [3.63, 3.8) is 0 Å². The van der Waals surface area contributed by atoms with Gasteiger partial charge in [-0.25, -0.2) is 9.50 Å². The maximum Gasteiger partial charge on any atom is 0.433 e. The Morgan fingerprint density at radius 2 is 2.07 bits per heavy atom. The summed E-state index contributed by atoms with van der Waals surface area (Å²) >= 11 is 0. The number of amides is 1. The van der Waals surface area contributed by atoms with Gasteiger partial charge in [-0.3, -0.25) is 4.79 Å². The van der Waals surface area contributed by atoms with Crippen LogP contribution in [0.3, 0.4) is 0 Å². The molecule has 2 fully saturated rings. The molecule has 1 amide bonds. The van der Waals surface area contributed by atoms with E-state index in [2.05, 4.69) is 10.1 Å². The van der Waals surface area contributed by atoms with Gasteiger partial charge >= 0.3 is 6.18 Å². The maximum absolute atomic E-state index is 13.5. The molecule has 0 aromatic carbocycles. The maximum atomic E-state index is 13.5. The first-order valence-electron chi connectivity index (χ1n) is 9.77. The Balaban J connectivity index is 1.73. The second-order valence-corrected chi connectivity index (χ2v) is 7.37. The van der Waals surface area contributed by atoms with Gasteiger partial charge in [0.15, 0.2) is 5.65 Å². The first kappa shape index (κ1) is 19.2. The average Bonchev–Trinajstić information content (AvgIpc) is 3.35. The highest BCUT2D eigenvalue weighted by molar-refractivity contribution is 5.81.